The highest BCUT2D eigenvalue weighted by Crippen LogP contribution is 2.32. The molecular formula is C16H22ClF3N2O. The average molecular weight is 351 g/mol. The second-order valence-corrected chi connectivity index (χ2v) is 5.83. The summed E-state index contributed by atoms with van der Waals surface area (Å²) in [6, 6.07) is 4.89. The molecule has 0 spiro atoms. The summed E-state index contributed by atoms with van der Waals surface area (Å²) in [6.07, 6.45) is -1.80. The third-order valence-corrected chi connectivity index (χ3v) is 4.08. The van der Waals surface area contributed by atoms with Crippen molar-refractivity contribution in [2.24, 2.45) is 11.7 Å². The topological polar surface area (TPSA) is 55.1 Å². The Kier molecular flexibility index (Phi) is 6.89. The summed E-state index contributed by atoms with van der Waals surface area (Å²) >= 11 is 0. The molecule has 3 nitrogen and oxygen atoms in total. The second kappa shape index (κ2) is 8.02. The van der Waals surface area contributed by atoms with E-state index in [1.54, 1.807) is 13.0 Å². The molecule has 7 heteroatoms. The van der Waals surface area contributed by atoms with E-state index in [4.69, 9.17) is 5.73 Å². The standard InChI is InChI=1S/C16H21F3N2O.ClH/c1-2-13(15(22)21-9-14(20)10-6-7-10)11-4-3-5-12(8-11)16(17,18)19;/h3-5,8,10,13-14H,2,6-7,9,20H2,1H3,(H,21,22);1H. The molecule has 2 unspecified atom stereocenters. The lowest BCUT2D eigenvalue weighted by Crippen LogP contribution is -2.40. The Labute approximate surface area is 140 Å². The van der Waals surface area contributed by atoms with Crippen LogP contribution in [-0.2, 0) is 11.0 Å². The van der Waals surface area contributed by atoms with Crippen LogP contribution in [0.4, 0.5) is 13.2 Å². The van der Waals surface area contributed by atoms with Crippen molar-refractivity contribution in [2.75, 3.05) is 6.54 Å². The van der Waals surface area contributed by atoms with Crippen LogP contribution in [0.2, 0.25) is 0 Å². The number of rotatable bonds is 6. The van der Waals surface area contributed by atoms with Gasteiger partial charge >= 0.3 is 6.18 Å². The highest BCUT2D eigenvalue weighted by Gasteiger charge is 2.32. The van der Waals surface area contributed by atoms with E-state index in [1.807, 2.05) is 0 Å². The van der Waals surface area contributed by atoms with Gasteiger partial charge in [-0.1, -0.05) is 25.1 Å². The minimum atomic E-state index is -4.40. The molecule has 1 aliphatic carbocycles. The maximum Gasteiger partial charge on any atom is 0.416 e. The minimum absolute atomic E-state index is 0. The van der Waals surface area contributed by atoms with Gasteiger partial charge in [0.1, 0.15) is 0 Å². The number of amides is 1. The SMILES string of the molecule is CCC(C(=O)NCC(N)C1CC1)c1cccc(C(F)(F)F)c1.Cl. The number of hydrogen-bond donors (Lipinski definition) is 2. The molecule has 1 fully saturated rings. The van der Waals surface area contributed by atoms with E-state index in [2.05, 4.69) is 5.32 Å². The molecule has 0 aliphatic heterocycles. The summed E-state index contributed by atoms with van der Waals surface area (Å²) in [6.45, 7) is 2.16. The minimum Gasteiger partial charge on any atom is -0.354 e. The molecule has 1 aliphatic rings. The average Bonchev–Trinajstić information content (AvgIpc) is 3.29. The number of nitrogens with one attached hydrogen (secondary N) is 1. The predicted octanol–water partition coefficient (Wildman–Crippen LogP) is 3.47. The fraction of sp³-hybridized carbons (Fsp3) is 0.562. The van der Waals surface area contributed by atoms with Crippen molar-refractivity contribution in [3.63, 3.8) is 0 Å². The number of benzene rings is 1. The fourth-order valence-corrected chi connectivity index (χ4v) is 2.54. The van der Waals surface area contributed by atoms with E-state index < -0.39 is 17.7 Å². The van der Waals surface area contributed by atoms with E-state index in [1.165, 1.54) is 6.07 Å². The van der Waals surface area contributed by atoms with Crippen molar-refractivity contribution in [1.82, 2.24) is 5.32 Å². The molecule has 0 aromatic heterocycles. The number of nitrogens with two attached hydrogens (primary N) is 1. The van der Waals surface area contributed by atoms with Gasteiger partial charge in [-0.15, -0.1) is 12.4 Å². The summed E-state index contributed by atoms with van der Waals surface area (Å²) in [5.74, 6) is -0.388. The quantitative estimate of drug-likeness (QED) is 0.825. The van der Waals surface area contributed by atoms with Gasteiger partial charge in [-0.3, -0.25) is 4.79 Å². The van der Waals surface area contributed by atoms with E-state index in [9.17, 15) is 18.0 Å². The van der Waals surface area contributed by atoms with E-state index in [0.29, 0.717) is 24.4 Å². The van der Waals surface area contributed by atoms with Crippen LogP contribution in [0.5, 0.6) is 0 Å². The molecule has 0 bridgehead atoms. The molecule has 23 heavy (non-hydrogen) atoms. The van der Waals surface area contributed by atoms with Crippen LogP contribution in [0, 0.1) is 5.92 Å². The Morgan fingerprint density at radius 2 is 2.04 bits per heavy atom. The highest BCUT2D eigenvalue weighted by atomic mass is 35.5. The maximum absolute atomic E-state index is 12.8. The smallest absolute Gasteiger partial charge is 0.354 e. The zero-order valence-corrected chi connectivity index (χ0v) is 13.7. The largest absolute Gasteiger partial charge is 0.416 e. The lowest BCUT2D eigenvalue weighted by atomic mass is 9.94. The number of alkyl halides is 3. The Bertz CT molecular complexity index is 532. The normalized spacial score (nSPS) is 17.1. The van der Waals surface area contributed by atoms with E-state index >= 15 is 0 Å². The van der Waals surface area contributed by atoms with Crippen LogP contribution in [0.15, 0.2) is 24.3 Å². The van der Waals surface area contributed by atoms with E-state index in [-0.39, 0.29) is 24.4 Å². The van der Waals surface area contributed by atoms with Crippen LogP contribution < -0.4 is 11.1 Å². The van der Waals surface area contributed by atoms with Gasteiger partial charge in [0.15, 0.2) is 0 Å². The molecular weight excluding hydrogens is 329 g/mol. The number of carbonyl (C=O) groups excluding carboxylic acids is 1. The number of carbonyl (C=O) groups is 1. The van der Waals surface area contributed by atoms with Gasteiger partial charge in [-0.2, -0.15) is 13.2 Å². The first kappa shape index (κ1) is 19.8. The number of hydrogen-bond acceptors (Lipinski definition) is 2. The van der Waals surface area contributed by atoms with Gasteiger partial charge in [-0.25, -0.2) is 0 Å². The Morgan fingerprint density at radius 1 is 1.39 bits per heavy atom. The van der Waals surface area contributed by atoms with Crippen LogP contribution in [0.25, 0.3) is 0 Å². The second-order valence-electron chi connectivity index (χ2n) is 5.83. The van der Waals surface area contributed by atoms with Crippen molar-refractivity contribution < 1.29 is 18.0 Å². The lowest BCUT2D eigenvalue weighted by molar-refractivity contribution is -0.137. The lowest BCUT2D eigenvalue weighted by Gasteiger charge is -2.19. The molecule has 3 N–H and O–H groups in total. The molecule has 2 atom stereocenters. The van der Waals surface area contributed by atoms with Gasteiger partial charge in [-0.05, 0) is 36.8 Å². The molecule has 1 aromatic carbocycles. The van der Waals surface area contributed by atoms with Crippen LogP contribution in [-0.4, -0.2) is 18.5 Å². The van der Waals surface area contributed by atoms with Crippen molar-refractivity contribution in [1.29, 1.82) is 0 Å². The first-order chi connectivity index (χ1) is 10.3. The van der Waals surface area contributed by atoms with Crippen molar-refractivity contribution >= 4 is 18.3 Å². The molecule has 1 saturated carbocycles. The summed E-state index contributed by atoms with van der Waals surface area (Å²) in [4.78, 5) is 12.2. The molecule has 0 saturated heterocycles. The third kappa shape index (κ3) is 5.39. The van der Waals surface area contributed by atoms with E-state index in [0.717, 1.165) is 25.0 Å². The predicted molar refractivity (Wildman–Crippen MR) is 85.4 cm³/mol. The van der Waals surface area contributed by atoms with Crippen LogP contribution in [0.1, 0.15) is 43.2 Å². The van der Waals surface area contributed by atoms with Crippen molar-refractivity contribution in [2.45, 2.75) is 44.3 Å². The fourth-order valence-electron chi connectivity index (χ4n) is 2.54. The first-order valence-corrected chi connectivity index (χ1v) is 7.53. The maximum atomic E-state index is 12.8. The summed E-state index contributed by atoms with van der Waals surface area (Å²) in [5, 5.41) is 2.77. The van der Waals surface area contributed by atoms with Gasteiger partial charge in [0, 0.05) is 12.6 Å². The van der Waals surface area contributed by atoms with Crippen LogP contribution >= 0.6 is 12.4 Å². The molecule has 0 radical (unpaired) electrons. The van der Waals surface area contributed by atoms with Crippen LogP contribution in [0.3, 0.4) is 0 Å². The van der Waals surface area contributed by atoms with Crippen molar-refractivity contribution in [3.05, 3.63) is 35.4 Å². The molecule has 130 valence electrons. The summed E-state index contributed by atoms with van der Waals surface area (Å²) in [7, 11) is 0. The Morgan fingerprint density at radius 3 is 2.57 bits per heavy atom. The zero-order valence-electron chi connectivity index (χ0n) is 12.9. The summed E-state index contributed by atoms with van der Waals surface area (Å²) < 4.78 is 38.3. The molecule has 1 aromatic rings. The molecule has 2 rings (SSSR count). The van der Waals surface area contributed by atoms with Gasteiger partial charge in [0.05, 0.1) is 11.5 Å². The first-order valence-electron chi connectivity index (χ1n) is 7.53. The highest BCUT2D eigenvalue weighted by molar-refractivity contribution is 5.85. The molecule has 0 heterocycles. The zero-order chi connectivity index (χ0) is 16.3. The monoisotopic (exact) mass is 350 g/mol. The van der Waals surface area contributed by atoms with Crippen molar-refractivity contribution in [3.8, 4) is 0 Å². The third-order valence-electron chi connectivity index (χ3n) is 4.08. The summed E-state index contributed by atoms with van der Waals surface area (Å²) in [5.41, 5.74) is 5.58. The molecule has 1 amide bonds. The van der Waals surface area contributed by atoms with Gasteiger partial charge in [0.25, 0.3) is 0 Å². The Hall–Kier alpha value is -1.27. The van der Waals surface area contributed by atoms with Gasteiger partial charge < -0.3 is 11.1 Å². The van der Waals surface area contributed by atoms with Gasteiger partial charge in [0.2, 0.25) is 5.91 Å². The number of halogens is 4. The Balaban J connectivity index is 0.00000264.